The summed E-state index contributed by atoms with van der Waals surface area (Å²) in [4.78, 5) is 0. The molecule has 0 atom stereocenters. The Morgan fingerprint density at radius 1 is 0.870 bits per heavy atom. The maximum absolute atomic E-state index is 5.96. The van der Waals surface area contributed by atoms with Gasteiger partial charge in [-0.2, -0.15) is 0 Å². The highest BCUT2D eigenvalue weighted by Crippen LogP contribution is 2.37. The Balaban J connectivity index is 1.64. The van der Waals surface area contributed by atoms with Crippen LogP contribution in [-0.4, -0.2) is 0 Å². The summed E-state index contributed by atoms with van der Waals surface area (Å²) in [5.74, 6) is 1.54. The van der Waals surface area contributed by atoms with Crippen LogP contribution in [-0.2, 0) is 0 Å². The molecule has 0 amide bonds. The highest BCUT2D eigenvalue weighted by Gasteiger charge is 2.20. The molecule has 0 heterocycles. The van der Waals surface area contributed by atoms with Crippen LogP contribution in [0.25, 0.3) is 11.1 Å². The Hall–Kier alpha value is -1.53. The number of hydrogen-bond donors (Lipinski definition) is 0. The molecular weight excluding hydrogens is 300 g/mol. The van der Waals surface area contributed by atoms with Gasteiger partial charge in [0.2, 0.25) is 0 Å². The van der Waals surface area contributed by atoms with E-state index in [2.05, 4.69) is 55.5 Å². The van der Waals surface area contributed by atoms with Crippen LogP contribution >= 0.6 is 11.6 Å². The van der Waals surface area contributed by atoms with Crippen LogP contribution in [0.15, 0.2) is 60.7 Å². The molecule has 0 radical (unpaired) electrons. The average molecular weight is 325 g/mol. The first-order valence-electron chi connectivity index (χ1n) is 8.79. The summed E-state index contributed by atoms with van der Waals surface area (Å²) < 4.78 is 0. The molecule has 0 unspecified atom stereocenters. The quantitative estimate of drug-likeness (QED) is 0.519. The van der Waals surface area contributed by atoms with Gasteiger partial charge in [0.25, 0.3) is 0 Å². The lowest BCUT2D eigenvalue weighted by atomic mass is 9.78. The zero-order valence-corrected chi connectivity index (χ0v) is 14.6. The fraction of sp³-hybridized carbons (Fsp3) is 0.364. The van der Waals surface area contributed by atoms with Crippen molar-refractivity contribution >= 4 is 11.6 Å². The highest BCUT2D eigenvalue weighted by molar-refractivity contribution is 6.30. The summed E-state index contributed by atoms with van der Waals surface area (Å²) >= 11 is 5.96. The van der Waals surface area contributed by atoms with Crippen LogP contribution in [0.5, 0.6) is 0 Å². The molecule has 0 aliphatic heterocycles. The minimum Gasteiger partial charge on any atom is -0.0885 e. The lowest BCUT2D eigenvalue weighted by Gasteiger charge is -2.27. The van der Waals surface area contributed by atoms with E-state index in [0.29, 0.717) is 0 Å². The monoisotopic (exact) mass is 324 g/mol. The number of allylic oxidation sites excluding steroid dienone is 2. The van der Waals surface area contributed by atoms with Gasteiger partial charge in [-0.05, 0) is 72.8 Å². The van der Waals surface area contributed by atoms with Crippen molar-refractivity contribution in [1.82, 2.24) is 0 Å². The smallest absolute Gasteiger partial charge is 0.0406 e. The molecule has 2 aromatic rings. The van der Waals surface area contributed by atoms with Gasteiger partial charge in [0.1, 0.15) is 0 Å². The van der Waals surface area contributed by atoms with Gasteiger partial charge < -0.3 is 0 Å². The van der Waals surface area contributed by atoms with E-state index in [9.17, 15) is 0 Å². The van der Waals surface area contributed by atoms with Crippen molar-refractivity contribution in [3.63, 3.8) is 0 Å². The van der Waals surface area contributed by atoms with Crippen LogP contribution in [0.2, 0.25) is 5.02 Å². The summed E-state index contributed by atoms with van der Waals surface area (Å²) in [6.07, 6.45) is 11.2. The molecule has 2 aromatic carbocycles. The number of halogens is 1. The Bertz CT molecular complexity index is 629. The Morgan fingerprint density at radius 2 is 1.43 bits per heavy atom. The van der Waals surface area contributed by atoms with Crippen molar-refractivity contribution in [3.8, 4) is 11.1 Å². The van der Waals surface area contributed by atoms with E-state index in [-0.39, 0.29) is 0 Å². The van der Waals surface area contributed by atoms with Gasteiger partial charge in [-0.25, -0.2) is 0 Å². The third-order valence-electron chi connectivity index (χ3n) is 4.98. The van der Waals surface area contributed by atoms with Gasteiger partial charge in [0.05, 0.1) is 0 Å². The zero-order chi connectivity index (χ0) is 16.1. The third kappa shape index (κ3) is 4.26. The molecular formula is C22H25Cl. The Kier molecular flexibility index (Phi) is 5.56. The summed E-state index contributed by atoms with van der Waals surface area (Å²) in [6.45, 7) is 2.21. The van der Waals surface area contributed by atoms with E-state index in [1.165, 1.54) is 42.4 Å². The maximum Gasteiger partial charge on any atom is 0.0406 e. The van der Waals surface area contributed by atoms with Crippen molar-refractivity contribution in [2.45, 2.75) is 44.9 Å². The molecule has 0 saturated heterocycles. The van der Waals surface area contributed by atoms with Crippen molar-refractivity contribution in [1.29, 1.82) is 0 Å². The van der Waals surface area contributed by atoms with Crippen molar-refractivity contribution < 1.29 is 0 Å². The molecule has 0 spiro atoms. The van der Waals surface area contributed by atoms with Gasteiger partial charge in [-0.15, -0.1) is 0 Å². The molecule has 1 aliphatic rings. The maximum atomic E-state index is 5.96. The molecule has 1 aliphatic carbocycles. The van der Waals surface area contributed by atoms with Crippen LogP contribution in [0.1, 0.15) is 50.5 Å². The second kappa shape index (κ2) is 7.84. The second-order valence-electron chi connectivity index (χ2n) is 6.58. The van der Waals surface area contributed by atoms with E-state index in [1.807, 2.05) is 12.1 Å². The first kappa shape index (κ1) is 16.3. The van der Waals surface area contributed by atoms with Crippen LogP contribution in [0, 0.1) is 5.92 Å². The number of benzene rings is 2. The molecule has 1 fully saturated rings. The molecule has 0 N–H and O–H groups in total. The van der Waals surface area contributed by atoms with E-state index in [4.69, 9.17) is 11.6 Å². The number of rotatable bonds is 4. The van der Waals surface area contributed by atoms with E-state index in [1.54, 1.807) is 0 Å². The minimum absolute atomic E-state index is 0.737. The van der Waals surface area contributed by atoms with Crippen LogP contribution in [0.3, 0.4) is 0 Å². The molecule has 0 nitrogen and oxygen atoms in total. The molecule has 1 heteroatoms. The van der Waals surface area contributed by atoms with Gasteiger partial charge in [-0.1, -0.05) is 67.1 Å². The lowest BCUT2D eigenvalue weighted by molar-refractivity contribution is 0.375. The average Bonchev–Trinajstić information content (AvgIpc) is 2.61. The standard InChI is InChI=1S/C22H25Cl/c1-2-3-4-17-5-7-18(8-6-17)19-9-11-20(12-10-19)21-13-15-22(23)16-14-21/h3-4,9-18H,2,5-8H2,1H3. The summed E-state index contributed by atoms with van der Waals surface area (Å²) in [6, 6.07) is 17.2. The molecule has 120 valence electrons. The Morgan fingerprint density at radius 3 is 2.00 bits per heavy atom. The molecule has 23 heavy (non-hydrogen) atoms. The normalized spacial score (nSPS) is 21.7. The predicted molar refractivity (Wildman–Crippen MR) is 101 cm³/mol. The van der Waals surface area contributed by atoms with Gasteiger partial charge >= 0.3 is 0 Å². The molecule has 3 rings (SSSR count). The van der Waals surface area contributed by atoms with E-state index >= 15 is 0 Å². The van der Waals surface area contributed by atoms with Crippen molar-refractivity contribution in [3.05, 3.63) is 71.3 Å². The first-order chi connectivity index (χ1) is 11.3. The van der Waals surface area contributed by atoms with Crippen LogP contribution < -0.4 is 0 Å². The summed E-state index contributed by atoms with van der Waals surface area (Å²) in [7, 11) is 0. The third-order valence-corrected chi connectivity index (χ3v) is 5.23. The fourth-order valence-electron chi connectivity index (χ4n) is 3.56. The minimum atomic E-state index is 0.737. The van der Waals surface area contributed by atoms with Crippen molar-refractivity contribution in [2.75, 3.05) is 0 Å². The predicted octanol–water partition coefficient (Wildman–Crippen LogP) is 7.25. The zero-order valence-electron chi connectivity index (χ0n) is 13.8. The second-order valence-corrected chi connectivity index (χ2v) is 7.01. The molecule has 0 aromatic heterocycles. The molecule has 0 bridgehead atoms. The Labute approximate surface area is 145 Å². The van der Waals surface area contributed by atoms with Gasteiger partial charge in [-0.3, -0.25) is 0 Å². The summed E-state index contributed by atoms with van der Waals surface area (Å²) in [5.41, 5.74) is 4.00. The fourth-order valence-corrected chi connectivity index (χ4v) is 3.69. The van der Waals surface area contributed by atoms with Gasteiger partial charge in [0, 0.05) is 5.02 Å². The SMILES string of the molecule is CCC=CC1CCC(c2ccc(-c3ccc(Cl)cc3)cc2)CC1. The topological polar surface area (TPSA) is 0 Å². The highest BCUT2D eigenvalue weighted by atomic mass is 35.5. The van der Waals surface area contributed by atoms with Crippen LogP contribution in [0.4, 0.5) is 0 Å². The molecule has 1 saturated carbocycles. The van der Waals surface area contributed by atoms with Crippen molar-refractivity contribution in [2.24, 2.45) is 5.92 Å². The number of hydrogen-bond acceptors (Lipinski definition) is 0. The lowest BCUT2D eigenvalue weighted by Crippen LogP contribution is -2.11. The summed E-state index contributed by atoms with van der Waals surface area (Å²) in [5, 5.41) is 0.791. The first-order valence-corrected chi connectivity index (χ1v) is 9.16. The largest absolute Gasteiger partial charge is 0.0885 e. The van der Waals surface area contributed by atoms with E-state index in [0.717, 1.165) is 23.3 Å². The van der Waals surface area contributed by atoms with E-state index < -0.39 is 0 Å². The van der Waals surface area contributed by atoms with Gasteiger partial charge in [0.15, 0.2) is 0 Å².